The Morgan fingerprint density at radius 1 is 1.46 bits per heavy atom. The fourth-order valence-corrected chi connectivity index (χ4v) is 1.92. The number of ether oxygens (including phenoxy) is 1. The zero-order valence-corrected chi connectivity index (χ0v) is 10.6. The lowest BCUT2D eigenvalue weighted by Crippen LogP contribution is -2.16. The van der Waals surface area contributed by atoms with Crippen LogP contribution in [-0.2, 0) is 0 Å². The van der Waals surface area contributed by atoms with Gasteiger partial charge in [-0.1, -0.05) is 44.8 Å². The van der Waals surface area contributed by atoms with Crippen LogP contribution >= 0.6 is 31.9 Å². The van der Waals surface area contributed by atoms with Gasteiger partial charge in [-0.05, 0) is 24.6 Å². The zero-order valence-electron chi connectivity index (χ0n) is 7.47. The second-order valence-electron chi connectivity index (χ2n) is 2.76. The summed E-state index contributed by atoms with van der Waals surface area (Å²) in [6.45, 7) is 2.11. The van der Waals surface area contributed by atoms with Crippen molar-refractivity contribution in [1.82, 2.24) is 0 Å². The van der Waals surface area contributed by atoms with Crippen LogP contribution < -0.4 is 4.74 Å². The molecule has 72 valence electrons. The first-order valence-corrected chi connectivity index (χ1v) is 6.16. The first-order chi connectivity index (χ1) is 6.26. The molecule has 13 heavy (non-hydrogen) atoms. The van der Waals surface area contributed by atoms with Crippen molar-refractivity contribution in [3.05, 3.63) is 28.7 Å². The smallest absolute Gasteiger partial charge is 0.120 e. The third kappa shape index (κ3) is 3.69. The summed E-state index contributed by atoms with van der Waals surface area (Å²) in [5.74, 6) is 0.917. The lowest BCUT2D eigenvalue weighted by Gasteiger charge is -2.14. The molecule has 1 aromatic carbocycles. The number of alkyl halides is 1. The van der Waals surface area contributed by atoms with Gasteiger partial charge in [0.15, 0.2) is 0 Å². The SMILES string of the molecule is CCC(CBr)Oc1cccc(Br)c1. The number of hydrogen-bond acceptors (Lipinski definition) is 1. The third-order valence-electron chi connectivity index (χ3n) is 1.73. The quantitative estimate of drug-likeness (QED) is 0.764. The molecule has 0 fully saturated rings. The Morgan fingerprint density at radius 2 is 2.23 bits per heavy atom. The van der Waals surface area contributed by atoms with E-state index < -0.39 is 0 Å². The molecule has 0 saturated carbocycles. The normalized spacial score (nSPS) is 12.5. The van der Waals surface area contributed by atoms with Crippen LogP contribution in [0.2, 0.25) is 0 Å². The standard InChI is InChI=1S/C10H12Br2O/c1-2-9(7-11)13-10-5-3-4-8(12)6-10/h3-6,9H,2,7H2,1H3. The van der Waals surface area contributed by atoms with E-state index >= 15 is 0 Å². The molecule has 0 heterocycles. The van der Waals surface area contributed by atoms with E-state index in [2.05, 4.69) is 38.8 Å². The Kier molecular flexibility index (Phi) is 4.81. The maximum atomic E-state index is 5.72. The molecule has 0 aromatic heterocycles. The lowest BCUT2D eigenvalue weighted by atomic mass is 10.3. The van der Waals surface area contributed by atoms with Gasteiger partial charge in [-0.2, -0.15) is 0 Å². The summed E-state index contributed by atoms with van der Waals surface area (Å²) in [7, 11) is 0. The predicted molar refractivity (Wildman–Crippen MR) is 62.6 cm³/mol. The fourth-order valence-electron chi connectivity index (χ4n) is 0.957. The van der Waals surface area contributed by atoms with Gasteiger partial charge in [0, 0.05) is 9.80 Å². The molecule has 0 aliphatic rings. The van der Waals surface area contributed by atoms with Gasteiger partial charge in [-0.25, -0.2) is 0 Å². The van der Waals surface area contributed by atoms with Crippen molar-refractivity contribution in [2.75, 3.05) is 5.33 Å². The van der Waals surface area contributed by atoms with E-state index in [0.717, 1.165) is 22.0 Å². The Balaban J connectivity index is 2.62. The van der Waals surface area contributed by atoms with Gasteiger partial charge in [0.2, 0.25) is 0 Å². The largest absolute Gasteiger partial charge is 0.490 e. The number of halogens is 2. The molecule has 0 saturated heterocycles. The molecule has 1 nitrogen and oxygen atoms in total. The van der Waals surface area contributed by atoms with Crippen molar-refractivity contribution in [1.29, 1.82) is 0 Å². The van der Waals surface area contributed by atoms with Crippen molar-refractivity contribution >= 4 is 31.9 Å². The van der Waals surface area contributed by atoms with Gasteiger partial charge < -0.3 is 4.74 Å². The van der Waals surface area contributed by atoms with Crippen molar-refractivity contribution in [3.8, 4) is 5.75 Å². The Morgan fingerprint density at radius 3 is 2.77 bits per heavy atom. The van der Waals surface area contributed by atoms with Crippen LogP contribution in [0.5, 0.6) is 5.75 Å². The summed E-state index contributed by atoms with van der Waals surface area (Å²) < 4.78 is 6.77. The average Bonchev–Trinajstić information content (AvgIpc) is 2.14. The summed E-state index contributed by atoms with van der Waals surface area (Å²) >= 11 is 6.82. The van der Waals surface area contributed by atoms with Crippen molar-refractivity contribution < 1.29 is 4.74 Å². The van der Waals surface area contributed by atoms with E-state index in [4.69, 9.17) is 4.74 Å². The van der Waals surface area contributed by atoms with Crippen LogP contribution in [-0.4, -0.2) is 11.4 Å². The Bertz CT molecular complexity index is 259. The summed E-state index contributed by atoms with van der Waals surface area (Å²) in [5.41, 5.74) is 0. The summed E-state index contributed by atoms with van der Waals surface area (Å²) in [6, 6.07) is 7.91. The topological polar surface area (TPSA) is 9.23 Å². The highest BCUT2D eigenvalue weighted by atomic mass is 79.9. The van der Waals surface area contributed by atoms with E-state index in [1.807, 2.05) is 24.3 Å². The Hall–Kier alpha value is -0.0200. The molecule has 0 aliphatic carbocycles. The van der Waals surface area contributed by atoms with Crippen molar-refractivity contribution in [2.45, 2.75) is 19.4 Å². The number of hydrogen-bond donors (Lipinski definition) is 0. The monoisotopic (exact) mass is 306 g/mol. The minimum atomic E-state index is 0.259. The number of rotatable bonds is 4. The molecule has 3 heteroatoms. The number of benzene rings is 1. The Labute approximate surface area is 95.7 Å². The van der Waals surface area contributed by atoms with Crippen molar-refractivity contribution in [2.24, 2.45) is 0 Å². The fraction of sp³-hybridized carbons (Fsp3) is 0.400. The maximum absolute atomic E-state index is 5.72. The molecule has 1 atom stereocenters. The second kappa shape index (κ2) is 5.66. The maximum Gasteiger partial charge on any atom is 0.120 e. The summed E-state index contributed by atoms with van der Waals surface area (Å²) in [5, 5.41) is 0.871. The van der Waals surface area contributed by atoms with Crippen LogP contribution in [0.1, 0.15) is 13.3 Å². The zero-order chi connectivity index (χ0) is 9.68. The van der Waals surface area contributed by atoms with Crippen LogP contribution in [0.25, 0.3) is 0 Å². The molecular formula is C10H12Br2O. The van der Waals surface area contributed by atoms with Gasteiger partial charge in [-0.15, -0.1) is 0 Å². The van der Waals surface area contributed by atoms with Crippen LogP contribution in [0.15, 0.2) is 28.7 Å². The highest BCUT2D eigenvalue weighted by Gasteiger charge is 2.05. The van der Waals surface area contributed by atoms with Gasteiger partial charge in [0.1, 0.15) is 11.9 Å². The van der Waals surface area contributed by atoms with E-state index in [9.17, 15) is 0 Å². The molecule has 0 radical (unpaired) electrons. The molecule has 0 spiro atoms. The molecule has 0 amide bonds. The van der Waals surface area contributed by atoms with Gasteiger partial charge in [-0.3, -0.25) is 0 Å². The highest BCUT2D eigenvalue weighted by molar-refractivity contribution is 9.10. The van der Waals surface area contributed by atoms with E-state index in [0.29, 0.717) is 0 Å². The molecule has 1 aromatic rings. The predicted octanol–water partition coefficient (Wildman–Crippen LogP) is 4.00. The summed E-state index contributed by atoms with van der Waals surface area (Å²) in [4.78, 5) is 0. The molecule has 0 bridgehead atoms. The minimum absolute atomic E-state index is 0.259. The first kappa shape index (κ1) is 11.1. The van der Waals surface area contributed by atoms with Crippen molar-refractivity contribution in [3.63, 3.8) is 0 Å². The molecule has 0 N–H and O–H groups in total. The minimum Gasteiger partial charge on any atom is -0.490 e. The van der Waals surface area contributed by atoms with Crippen LogP contribution in [0, 0.1) is 0 Å². The second-order valence-corrected chi connectivity index (χ2v) is 4.32. The van der Waals surface area contributed by atoms with Gasteiger partial charge >= 0.3 is 0 Å². The van der Waals surface area contributed by atoms with E-state index in [1.54, 1.807) is 0 Å². The third-order valence-corrected chi connectivity index (χ3v) is 2.94. The van der Waals surface area contributed by atoms with Crippen LogP contribution in [0.4, 0.5) is 0 Å². The van der Waals surface area contributed by atoms with Crippen LogP contribution in [0.3, 0.4) is 0 Å². The van der Waals surface area contributed by atoms with E-state index in [-0.39, 0.29) is 6.10 Å². The molecule has 0 aliphatic heterocycles. The average molecular weight is 308 g/mol. The molecular weight excluding hydrogens is 296 g/mol. The highest BCUT2D eigenvalue weighted by Crippen LogP contribution is 2.19. The summed E-state index contributed by atoms with van der Waals surface area (Å²) in [6.07, 6.45) is 1.27. The molecule has 1 rings (SSSR count). The first-order valence-electron chi connectivity index (χ1n) is 4.24. The van der Waals surface area contributed by atoms with Gasteiger partial charge in [0.05, 0.1) is 0 Å². The van der Waals surface area contributed by atoms with E-state index in [1.165, 1.54) is 0 Å². The molecule has 1 unspecified atom stereocenters. The lowest BCUT2D eigenvalue weighted by molar-refractivity contribution is 0.223. The van der Waals surface area contributed by atoms with Gasteiger partial charge in [0.25, 0.3) is 0 Å².